The van der Waals surface area contributed by atoms with Crippen LogP contribution >= 0.6 is 0 Å². The minimum atomic E-state index is 0.454. The topological polar surface area (TPSA) is 47.2 Å². The van der Waals surface area contributed by atoms with Crippen LogP contribution in [0.25, 0.3) is 0 Å². The van der Waals surface area contributed by atoms with Crippen LogP contribution in [0.4, 0.5) is 5.69 Å². The summed E-state index contributed by atoms with van der Waals surface area (Å²) in [7, 11) is 1.68. The number of aliphatic imine (C=N–C) groups is 1. The van der Waals surface area contributed by atoms with Gasteiger partial charge >= 0.3 is 0 Å². The standard InChI is InChI=1S/C6H7N3O/c1-7-5-3-8-9(2)6(5)4-10/h3-4H,1H2,2H3. The summed E-state index contributed by atoms with van der Waals surface area (Å²) in [5.41, 5.74) is 0.979. The third-order valence-corrected chi connectivity index (χ3v) is 1.25. The molecule has 4 heteroatoms. The highest BCUT2D eigenvalue weighted by atomic mass is 16.1. The molecule has 0 bridgehead atoms. The van der Waals surface area contributed by atoms with Gasteiger partial charge in [-0.2, -0.15) is 5.10 Å². The fourth-order valence-electron chi connectivity index (χ4n) is 0.694. The van der Waals surface area contributed by atoms with Crippen LogP contribution in [0.3, 0.4) is 0 Å². The van der Waals surface area contributed by atoms with E-state index in [1.54, 1.807) is 7.05 Å². The molecule has 0 radical (unpaired) electrons. The Bertz CT molecular complexity index is 264. The minimum Gasteiger partial charge on any atom is -0.296 e. The third kappa shape index (κ3) is 0.834. The second-order valence-corrected chi connectivity index (χ2v) is 1.81. The lowest BCUT2D eigenvalue weighted by molar-refractivity contribution is 0.111. The zero-order valence-electron chi connectivity index (χ0n) is 5.61. The Morgan fingerprint density at radius 2 is 2.60 bits per heavy atom. The SMILES string of the molecule is C=Nc1cnn(C)c1C=O. The van der Waals surface area contributed by atoms with Gasteiger partial charge in [-0.25, -0.2) is 0 Å². The molecule has 1 aromatic rings. The molecule has 0 aliphatic rings. The van der Waals surface area contributed by atoms with E-state index < -0.39 is 0 Å². The molecule has 0 spiro atoms. The molecule has 1 aromatic heterocycles. The fraction of sp³-hybridized carbons (Fsp3) is 0.167. The lowest BCUT2D eigenvalue weighted by Crippen LogP contribution is -1.95. The Morgan fingerprint density at radius 1 is 1.90 bits per heavy atom. The first-order valence-electron chi connectivity index (χ1n) is 2.73. The van der Waals surface area contributed by atoms with Crippen molar-refractivity contribution >= 4 is 18.7 Å². The molecular formula is C6H7N3O. The summed E-state index contributed by atoms with van der Waals surface area (Å²) in [5.74, 6) is 0. The molecule has 0 unspecified atom stereocenters. The summed E-state index contributed by atoms with van der Waals surface area (Å²) in [4.78, 5) is 13.9. The maximum Gasteiger partial charge on any atom is 0.170 e. The number of aromatic nitrogens is 2. The van der Waals surface area contributed by atoms with Gasteiger partial charge in [-0.3, -0.25) is 14.5 Å². The van der Waals surface area contributed by atoms with Crippen molar-refractivity contribution in [2.75, 3.05) is 0 Å². The molecule has 0 amide bonds. The highest BCUT2D eigenvalue weighted by molar-refractivity contribution is 5.80. The van der Waals surface area contributed by atoms with E-state index in [9.17, 15) is 4.79 Å². The summed E-state index contributed by atoms with van der Waals surface area (Å²) in [6.45, 7) is 3.29. The average molecular weight is 137 g/mol. The maximum absolute atomic E-state index is 10.3. The molecule has 0 aromatic carbocycles. The van der Waals surface area contributed by atoms with E-state index >= 15 is 0 Å². The van der Waals surface area contributed by atoms with Crippen molar-refractivity contribution < 1.29 is 4.79 Å². The van der Waals surface area contributed by atoms with Crippen molar-refractivity contribution in [3.63, 3.8) is 0 Å². The molecule has 10 heavy (non-hydrogen) atoms. The van der Waals surface area contributed by atoms with Crippen molar-refractivity contribution in [1.29, 1.82) is 0 Å². The van der Waals surface area contributed by atoms with E-state index in [2.05, 4.69) is 16.8 Å². The van der Waals surface area contributed by atoms with Crippen LogP contribution in [-0.4, -0.2) is 22.8 Å². The van der Waals surface area contributed by atoms with E-state index in [1.165, 1.54) is 10.9 Å². The van der Waals surface area contributed by atoms with Gasteiger partial charge in [0.25, 0.3) is 0 Å². The van der Waals surface area contributed by atoms with E-state index in [0.717, 1.165) is 0 Å². The van der Waals surface area contributed by atoms with Crippen LogP contribution in [0.2, 0.25) is 0 Å². The summed E-state index contributed by atoms with van der Waals surface area (Å²) in [5, 5.41) is 3.81. The number of nitrogens with zero attached hydrogens (tertiary/aromatic N) is 3. The van der Waals surface area contributed by atoms with Crippen molar-refractivity contribution in [3.8, 4) is 0 Å². The van der Waals surface area contributed by atoms with E-state index in [4.69, 9.17) is 0 Å². The second-order valence-electron chi connectivity index (χ2n) is 1.81. The van der Waals surface area contributed by atoms with Gasteiger partial charge in [-0.05, 0) is 6.72 Å². The molecule has 1 heterocycles. The zero-order valence-corrected chi connectivity index (χ0v) is 5.61. The fourth-order valence-corrected chi connectivity index (χ4v) is 0.694. The lowest BCUT2D eigenvalue weighted by Gasteiger charge is -1.89. The van der Waals surface area contributed by atoms with E-state index in [1.807, 2.05) is 0 Å². The van der Waals surface area contributed by atoms with E-state index in [0.29, 0.717) is 17.7 Å². The Labute approximate surface area is 58.2 Å². The molecule has 1 rings (SSSR count). The first-order chi connectivity index (χ1) is 4.79. The first-order valence-corrected chi connectivity index (χ1v) is 2.73. The van der Waals surface area contributed by atoms with Crippen LogP contribution in [-0.2, 0) is 7.05 Å². The number of carbonyl (C=O) groups excluding carboxylic acids is 1. The minimum absolute atomic E-state index is 0.454. The highest BCUT2D eigenvalue weighted by Gasteiger charge is 2.03. The normalized spacial score (nSPS) is 9.30. The van der Waals surface area contributed by atoms with Crippen molar-refractivity contribution in [2.24, 2.45) is 12.0 Å². The largest absolute Gasteiger partial charge is 0.296 e. The number of hydrogen-bond donors (Lipinski definition) is 0. The van der Waals surface area contributed by atoms with Gasteiger partial charge in [0.15, 0.2) is 6.29 Å². The molecule has 4 nitrogen and oxygen atoms in total. The summed E-state index contributed by atoms with van der Waals surface area (Å²) in [6.07, 6.45) is 2.20. The number of carbonyl (C=O) groups is 1. The number of aldehydes is 1. The molecular weight excluding hydrogens is 130 g/mol. The number of hydrogen-bond acceptors (Lipinski definition) is 3. The van der Waals surface area contributed by atoms with Crippen LogP contribution in [0.1, 0.15) is 10.5 Å². The van der Waals surface area contributed by atoms with Crippen LogP contribution < -0.4 is 0 Å². The summed E-state index contributed by atoms with van der Waals surface area (Å²) < 4.78 is 1.46. The van der Waals surface area contributed by atoms with Gasteiger partial charge in [-0.1, -0.05) is 0 Å². The smallest absolute Gasteiger partial charge is 0.170 e. The Hall–Kier alpha value is -1.45. The van der Waals surface area contributed by atoms with Gasteiger partial charge in [-0.15, -0.1) is 0 Å². The van der Waals surface area contributed by atoms with Crippen molar-refractivity contribution in [1.82, 2.24) is 9.78 Å². The zero-order chi connectivity index (χ0) is 7.56. The molecule has 0 fully saturated rings. The maximum atomic E-state index is 10.3. The third-order valence-electron chi connectivity index (χ3n) is 1.25. The Balaban J connectivity index is 3.25. The molecule has 0 aliphatic heterocycles. The summed E-state index contributed by atoms with van der Waals surface area (Å²) in [6, 6.07) is 0. The first kappa shape index (κ1) is 6.67. The second kappa shape index (κ2) is 2.43. The molecule has 0 atom stereocenters. The Morgan fingerprint density at radius 3 is 3.00 bits per heavy atom. The number of rotatable bonds is 2. The van der Waals surface area contributed by atoms with Gasteiger partial charge < -0.3 is 0 Å². The molecule has 0 saturated heterocycles. The van der Waals surface area contributed by atoms with Crippen LogP contribution in [0.5, 0.6) is 0 Å². The molecule has 0 aliphatic carbocycles. The Kier molecular flexibility index (Phi) is 1.62. The van der Waals surface area contributed by atoms with Crippen molar-refractivity contribution in [2.45, 2.75) is 0 Å². The molecule has 52 valence electrons. The molecule has 0 N–H and O–H groups in total. The quantitative estimate of drug-likeness (QED) is 0.441. The van der Waals surface area contributed by atoms with Crippen molar-refractivity contribution in [3.05, 3.63) is 11.9 Å². The van der Waals surface area contributed by atoms with Gasteiger partial charge in [0, 0.05) is 7.05 Å². The monoisotopic (exact) mass is 137 g/mol. The van der Waals surface area contributed by atoms with Gasteiger partial charge in [0.05, 0.1) is 6.20 Å². The average Bonchev–Trinajstić information content (AvgIpc) is 2.30. The molecule has 0 saturated carbocycles. The lowest BCUT2D eigenvalue weighted by atomic mass is 10.4. The van der Waals surface area contributed by atoms with Gasteiger partial charge in [0.1, 0.15) is 11.4 Å². The highest BCUT2D eigenvalue weighted by Crippen LogP contribution is 2.13. The summed E-state index contributed by atoms with van der Waals surface area (Å²) >= 11 is 0. The van der Waals surface area contributed by atoms with Crippen LogP contribution in [0.15, 0.2) is 11.2 Å². The predicted molar refractivity (Wildman–Crippen MR) is 37.8 cm³/mol. The van der Waals surface area contributed by atoms with E-state index in [-0.39, 0.29) is 0 Å². The predicted octanol–water partition coefficient (Wildman–Crippen LogP) is 0.565. The van der Waals surface area contributed by atoms with Crippen LogP contribution in [0, 0.1) is 0 Å². The van der Waals surface area contributed by atoms with Gasteiger partial charge in [0.2, 0.25) is 0 Å². The number of aryl methyl sites for hydroxylation is 1.